The van der Waals surface area contributed by atoms with Gasteiger partial charge in [-0.2, -0.15) is 13.2 Å². The van der Waals surface area contributed by atoms with Gasteiger partial charge in [0.05, 0.1) is 11.3 Å². The number of rotatable bonds is 6. The Morgan fingerprint density at radius 2 is 1.95 bits per heavy atom. The van der Waals surface area contributed by atoms with Gasteiger partial charge in [-0.15, -0.1) is 0 Å². The van der Waals surface area contributed by atoms with Gasteiger partial charge in [0.15, 0.2) is 0 Å². The first-order chi connectivity index (χ1) is 9.50. The lowest BCUT2D eigenvalue weighted by Gasteiger charge is -2.14. The maximum Gasteiger partial charge on any atom is 0.417 e. The van der Waals surface area contributed by atoms with Crippen molar-refractivity contribution in [2.75, 3.05) is 17.6 Å². The van der Waals surface area contributed by atoms with Gasteiger partial charge in [-0.3, -0.25) is 0 Å². The topological polar surface area (TPSA) is 98.2 Å². The molecule has 21 heavy (non-hydrogen) atoms. The van der Waals surface area contributed by atoms with Crippen molar-refractivity contribution in [2.45, 2.75) is 12.6 Å². The van der Waals surface area contributed by atoms with E-state index in [9.17, 15) is 21.6 Å². The first-order valence-corrected chi connectivity index (χ1v) is 7.88. The first kappa shape index (κ1) is 17.7. The van der Waals surface area contributed by atoms with Crippen molar-refractivity contribution in [2.24, 2.45) is 10.9 Å². The fourth-order valence-electron chi connectivity index (χ4n) is 1.61. The van der Waals surface area contributed by atoms with Gasteiger partial charge < -0.3 is 11.1 Å². The summed E-state index contributed by atoms with van der Waals surface area (Å²) in [6, 6.07) is 3.44. The highest BCUT2D eigenvalue weighted by atomic mass is 32.2. The summed E-state index contributed by atoms with van der Waals surface area (Å²) >= 11 is 4.59. The Morgan fingerprint density at radius 3 is 2.43 bits per heavy atom. The fraction of sp³-hybridized carbons (Fsp3) is 0.364. The number of nitrogens with one attached hydrogen (secondary N) is 1. The molecule has 0 amide bonds. The number of anilines is 1. The number of benzene rings is 1. The van der Waals surface area contributed by atoms with Crippen LogP contribution in [-0.4, -0.2) is 25.7 Å². The summed E-state index contributed by atoms with van der Waals surface area (Å²) < 4.78 is 60.1. The predicted octanol–water partition coefficient (Wildman–Crippen LogP) is 1.43. The van der Waals surface area contributed by atoms with Gasteiger partial charge in [-0.05, 0) is 24.6 Å². The lowest BCUT2D eigenvalue weighted by Crippen LogP contribution is -2.20. The van der Waals surface area contributed by atoms with E-state index in [1.807, 2.05) is 0 Å². The minimum Gasteiger partial charge on any atom is -0.389 e. The molecule has 5 nitrogen and oxygen atoms in total. The summed E-state index contributed by atoms with van der Waals surface area (Å²) in [6.07, 6.45) is -4.41. The number of sulfonamides is 1. The maximum atomic E-state index is 12.9. The van der Waals surface area contributed by atoms with Gasteiger partial charge in [-0.25, -0.2) is 13.6 Å². The van der Waals surface area contributed by atoms with Crippen molar-refractivity contribution in [1.29, 1.82) is 0 Å². The third-order valence-electron chi connectivity index (χ3n) is 2.53. The molecular formula is C11H14F3N3O2S2. The van der Waals surface area contributed by atoms with E-state index in [2.05, 4.69) is 17.5 Å². The molecule has 0 unspecified atom stereocenters. The zero-order valence-electron chi connectivity index (χ0n) is 10.8. The van der Waals surface area contributed by atoms with Crippen LogP contribution in [0.3, 0.4) is 0 Å². The molecular weight excluding hydrogens is 327 g/mol. The molecule has 0 aromatic heterocycles. The van der Waals surface area contributed by atoms with Gasteiger partial charge >= 0.3 is 6.18 Å². The first-order valence-electron chi connectivity index (χ1n) is 5.76. The lowest BCUT2D eigenvalue weighted by molar-refractivity contribution is -0.137. The molecule has 1 aromatic carbocycles. The number of alkyl halides is 3. The second-order valence-corrected chi connectivity index (χ2v) is 6.44. The summed E-state index contributed by atoms with van der Waals surface area (Å²) in [7, 11) is -3.58. The van der Waals surface area contributed by atoms with E-state index in [1.54, 1.807) is 0 Å². The molecule has 118 valence electrons. The number of hydrogen-bond donors (Lipinski definition) is 3. The van der Waals surface area contributed by atoms with E-state index in [1.165, 1.54) is 12.1 Å². The summed E-state index contributed by atoms with van der Waals surface area (Å²) in [5.74, 6) is -0.253. The summed E-state index contributed by atoms with van der Waals surface area (Å²) in [5.41, 5.74) is 4.26. The summed E-state index contributed by atoms with van der Waals surface area (Å²) in [5, 5.41) is 7.51. The Balaban J connectivity index is 2.84. The van der Waals surface area contributed by atoms with Crippen molar-refractivity contribution in [3.8, 4) is 0 Å². The molecule has 0 radical (unpaired) electrons. The van der Waals surface area contributed by atoms with Gasteiger partial charge in [-0.1, -0.05) is 12.2 Å². The molecule has 0 spiro atoms. The predicted molar refractivity (Wildman–Crippen MR) is 78.4 cm³/mol. The van der Waals surface area contributed by atoms with Crippen molar-refractivity contribution in [1.82, 2.24) is 0 Å². The Labute approximate surface area is 125 Å². The monoisotopic (exact) mass is 341 g/mol. The molecule has 0 saturated heterocycles. The minimum absolute atomic E-state index is 0.167. The van der Waals surface area contributed by atoms with Crippen molar-refractivity contribution >= 4 is 32.9 Å². The van der Waals surface area contributed by atoms with Gasteiger partial charge in [0.2, 0.25) is 10.0 Å². The summed E-state index contributed by atoms with van der Waals surface area (Å²) in [4.78, 5) is -0.344. The van der Waals surface area contributed by atoms with Crippen LogP contribution >= 0.6 is 12.2 Å². The molecule has 1 rings (SSSR count). The van der Waals surface area contributed by atoms with Crippen LogP contribution in [0.2, 0.25) is 0 Å². The largest absolute Gasteiger partial charge is 0.417 e. The number of nitrogens with two attached hydrogens (primary N) is 2. The van der Waals surface area contributed by atoms with E-state index in [0.29, 0.717) is 0 Å². The minimum atomic E-state index is -4.59. The van der Waals surface area contributed by atoms with Crippen LogP contribution in [-0.2, 0) is 16.2 Å². The quantitative estimate of drug-likeness (QED) is 0.537. The molecule has 10 heteroatoms. The molecule has 0 aliphatic rings. The normalized spacial score (nSPS) is 12.2. The van der Waals surface area contributed by atoms with Crippen LogP contribution in [0.4, 0.5) is 18.9 Å². The second-order valence-electron chi connectivity index (χ2n) is 4.27. The molecule has 0 aliphatic carbocycles. The second kappa shape index (κ2) is 6.58. The molecule has 0 heterocycles. The standard InChI is InChI=1S/C11H14F3N3O2S2/c12-11(13,14)9-6-7(2-3-8(9)10(15)20)17-4-1-5-21(16,18)19/h2-3,6,17H,1,4-5H2,(H2,15,20)(H2,16,18,19). The highest BCUT2D eigenvalue weighted by molar-refractivity contribution is 7.89. The lowest BCUT2D eigenvalue weighted by atomic mass is 10.1. The zero-order chi connectivity index (χ0) is 16.3. The molecule has 0 bridgehead atoms. The summed E-state index contributed by atoms with van der Waals surface area (Å²) in [6.45, 7) is 0.167. The van der Waals surface area contributed by atoms with Crippen LogP contribution in [0.5, 0.6) is 0 Å². The molecule has 5 N–H and O–H groups in total. The number of primary sulfonamides is 1. The van der Waals surface area contributed by atoms with Crippen LogP contribution in [0.15, 0.2) is 18.2 Å². The van der Waals surface area contributed by atoms with E-state index in [-0.39, 0.29) is 35.0 Å². The van der Waals surface area contributed by atoms with Crippen LogP contribution in [0.25, 0.3) is 0 Å². The van der Waals surface area contributed by atoms with Crippen molar-refractivity contribution < 1.29 is 21.6 Å². The SMILES string of the molecule is NC(=S)c1ccc(NCCCS(N)(=O)=O)cc1C(F)(F)F. The smallest absolute Gasteiger partial charge is 0.389 e. The van der Waals surface area contributed by atoms with Gasteiger partial charge in [0, 0.05) is 17.8 Å². The molecule has 0 atom stereocenters. The molecule has 0 aliphatic heterocycles. The third-order valence-corrected chi connectivity index (χ3v) is 3.60. The van der Waals surface area contributed by atoms with E-state index in [4.69, 9.17) is 10.9 Å². The highest BCUT2D eigenvalue weighted by Crippen LogP contribution is 2.33. The van der Waals surface area contributed by atoms with Crippen molar-refractivity contribution in [3.63, 3.8) is 0 Å². The number of thiocarbonyl (C=S) groups is 1. The fourth-order valence-corrected chi connectivity index (χ4v) is 2.33. The highest BCUT2D eigenvalue weighted by Gasteiger charge is 2.34. The van der Waals surface area contributed by atoms with Crippen LogP contribution in [0, 0.1) is 0 Å². The third kappa shape index (κ3) is 5.86. The van der Waals surface area contributed by atoms with Crippen LogP contribution < -0.4 is 16.2 Å². The van der Waals surface area contributed by atoms with Crippen molar-refractivity contribution in [3.05, 3.63) is 29.3 Å². The van der Waals surface area contributed by atoms with Gasteiger partial charge in [0.25, 0.3) is 0 Å². The van der Waals surface area contributed by atoms with E-state index < -0.39 is 21.8 Å². The van der Waals surface area contributed by atoms with E-state index >= 15 is 0 Å². The van der Waals surface area contributed by atoms with E-state index in [0.717, 1.165) is 6.07 Å². The zero-order valence-corrected chi connectivity index (χ0v) is 12.4. The molecule has 0 fully saturated rings. The average molecular weight is 341 g/mol. The number of halogens is 3. The number of hydrogen-bond acceptors (Lipinski definition) is 4. The van der Waals surface area contributed by atoms with Gasteiger partial charge in [0.1, 0.15) is 4.99 Å². The van der Waals surface area contributed by atoms with Crippen LogP contribution in [0.1, 0.15) is 17.5 Å². The maximum absolute atomic E-state index is 12.9. The molecule has 0 saturated carbocycles. The average Bonchev–Trinajstić information content (AvgIpc) is 2.32. The Kier molecular flexibility index (Phi) is 5.54. The Morgan fingerprint density at radius 1 is 1.33 bits per heavy atom. The Hall–Kier alpha value is -1.39. The Bertz CT molecular complexity index is 630. The molecule has 1 aromatic rings.